The SMILES string of the molecule is COc1ccc(OC)c(-c2csc(NC(=O)CCCS(=O)(=O)c3ccc(Cl)cc3)n2)c1. The highest BCUT2D eigenvalue weighted by atomic mass is 35.5. The van der Waals surface area contributed by atoms with Gasteiger partial charge in [-0.2, -0.15) is 0 Å². The molecule has 0 saturated carbocycles. The van der Waals surface area contributed by atoms with Gasteiger partial charge in [-0.1, -0.05) is 11.6 Å². The van der Waals surface area contributed by atoms with Crippen molar-refractivity contribution in [1.29, 1.82) is 0 Å². The van der Waals surface area contributed by atoms with E-state index in [1.807, 2.05) is 0 Å². The van der Waals surface area contributed by atoms with Crippen molar-refractivity contribution in [3.05, 3.63) is 52.9 Å². The molecular weight excluding hydrogens is 460 g/mol. The molecule has 1 aromatic heterocycles. The quantitative estimate of drug-likeness (QED) is 0.478. The van der Waals surface area contributed by atoms with Gasteiger partial charge in [0.2, 0.25) is 5.91 Å². The molecule has 1 heterocycles. The van der Waals surface area contributed by atoms with E-state index in [9.17, 15) is 13.2 Å². The first kappa shape index (κ1) is 23.1. The summed E-state index contributed by atoms with van der Waals surface area (Å²) in [4.78, 5) is 16.9. The van der Waals surface area contributed by atoms with Crippen LogP contribution in [-0.4, -0.2) is 39.3 Å². The lowest BCUT2D eigenvalue weighted by Crippen LogP contribution is -2.14. The molecule has 0 aliphatic carbocycles. The smallest absolute Gasteiger partial charge is 0.226 e. The van der Waals surface area contributed by atoms with Gasteiger partial charge in [0.15, 0.2) is 15.0 Å². The molecular formula is C21H21ClN2O5S2. The third-order valence-corrected chi connectivity index (χ3v) is 7.25. The van der Waals surface area contributed by atoms with E-state index in [1.165, 1.54) is 35.6 Å². The number of halogens is 1. The first-order valence-corrected chi connectivity index (χ1v) is 12.2. The van der Waals surface area contributed by atoms with E-state index in [0.717, 1.165) is 5.56 Å². The van der Waals surface area contributed by atoms with Gasteiger partial charge in [0, 0.05) is 22.4 Å². The largest absolute Gasteiger partial charge is 0.497 e. The van der Waals surface area contributed by atoms with Gasteiger partial charge in [-0.25, -0.2) is 13.4 Å². The molecule has 0 fully saturated rings. The summed E-state index contributed by atoms with van der Waals surface area (Å²) < 4.78 is 35.3. The molecule has 31 heavy (non-hydrogen) atoms. The Morgan fingerprint density at radius 3 is 2.55 bits per heavy atom. The minimum absolute atomic E-state index is 0.0597. The van der Waals surface area contributed by atoms with Crippen molar-refractivity contribution in [3.8, 4) is 22.8 Å². The molecule has 3 aromatic rings. The molecule has 7 nitrogen and oxygen atoms in total. The fourth-order valence-electron chi connectivity index (χ4n) is 2.83. The van der Waals surface area contributed by atoms with Crippen LogP contribution in [0.3, 0.4) is 0 Å². The number of nitrogens with zero attached hydrogens (tertiary/aromatic N) is 1. The number of hydrogen-bond donors (Lipinski definition) is 1. The summed E-state index contributed by atoms with van der Waals surface area (Å²) in [7, 11) is -0.326. The van der Waals surface area contributed by atoms with E-state index in [1.54, 1.807) is 37.8 Å². The van der Waals surface area contributed by atoms with Crippen molar-refractivity contribution in [3.63, 3.8) is 0 Å². The average Bonchev–Trinajstić information content (AvgIpc) is 3.21. The van der Waals surface area contributed by atoms with Crippen LogP contribution >= 0.6 is 22.9 Å². The monoisotopic (exact) mass is 480 g/mol. The van der Waals surface area contributed by atoms with Crippen LogP contribution in [0.15, 0.2) is 52.7 Å². The maximum absolute atomic E-state index is 12.3. The lowest BCUT2D eigenvalue weighted by Gasteiger charge is -2.08. The van der Waals surface area contributed by atoms with Crippen molar-refractivity contribution < 1.29 is 22.7 Å². The van der Waals surface area contributed by atoms with E-state index < -0.39 is 9.84 Å². The van der Waals surface area contributed by atoms with E-state index >= 15 is 0 Å². The second-order valence-electron chi connectivity index (χ2n) is 6.53. The van der Waals surface area contributed by atoms with Crippen LogP contribution in [0.25, 0.3) is 11.3 Å². The summed E-state index contributed by atoms with van der Waals surface area (Å²) in [5.41, 5.74) is 1.38. The summed E-state index contributed by atoms with van der Waals surface area (Å²) in [5, 5.41) is 5.41. The third-order valence-electron chi connectivity index (χ3n) is 4.42. The molecule has 3 rings (SSSR count). The lowest BCUT2D eigenvalue weighted by atomic mass is 10.1. The predicted octanol–water partition coefficient (Wildman–Crippen LogP) is 4.67. The highest BCUT2D eigenvalue weighted by molar-refractivity contribution is 7.91. The Morgan fingerprint density at radius 1 is 1.13 bits per heavy atom. The molecule has 0 bridgehead atoms. The number of carbonyl (C=O) groups excluding carboxylic acids is 1. The number of amides is 1. The number of thiazole rings is 1. The van der Waals surface area contributed by atoms with Gasteiger partial charge in [-0.3, -0.25) is 4.79 Å². The van der Waals surface area contributed by atoms with Crippen molar-refractivity contribution >= 4 is 43.8 Å². The molecule has 164 valence electrons. The molecule has 1 N–H and O–H groups in total. The molecule has 0 saturated heterocycles. The zero-order chi connectivity index (χ0) is 22.4. The standard InChI is InChI=1S/C21H21ClN2O5S2/c1-28-15-7-10-19(29-2)17(12-15)18-13-30-21(23-18)24-20(25)4-3-11-31(26,27)16-8-5-14(22)6-9-16/h5-10,12-13H,3-4,11H2,1-2H3,(H,23,24,25). The van der Waals surface area contributed by atoms with Crippen LogP contribution in [0.2, 0.25) is 5.02 Å². The van der Waals surface area contributed by atoms with E-state index in [4.69, 9.17) is 21.1 Å². The second kappa shape index (κ2) is 10.1. The Hall–Kier alpha value is -2.62. The highest BCUT2D eigenvalue weighted by Gasteiger charge is 2.16. The average molecular weight is 481 g/mol. The van der Waals surface area contributed by atoms with Crippen molar-refractivity contribution in [2.24, 2.45) is 0 Å². The first-order chi connectivity index (χ1) is 14.8. The fourth-order valence-corrected chi connectivity index (χ4v) is 5.00. The van der Waals surface area contributed by atoms with Crippen molar-refractivity contribution in [2.75, 3.05) is 25.3 Å². The summed E-state index contributed by atoms with van der Waals surface area (Å²) in [6.07, 6.45) is 0.253. The van der Waals surface area contributed by atoms with E-state index in [0.29, 0.717) is 27.3 Å². The highest BCUT2D eigenvalue weighted by Crippen LogP contribution is 2.35. The molecule has 0 unspecified atom stereocenters. The number of anilines is 1. The Kier molecular flexibility index (Phi) is 7.53. The lowest BCUT2D eigenvalue weighted by molar-refractivity contribution is -0.116. The number of ether oxygens (including phenoxy) is 2. The number of carbonyl (C=O) groups is 1. The molecule has 1 amide bonds. The first-order valence-electron chi connectivity index (χ1n) is 9.28. The maximum atomic E-state index is 12.3. The van der Waals surface area contributed by atoms with Gasteiger partial charge in [0.1, 0.15) is 11.5 Å². The number of methoxy groups -OCH3 is 2. The number of sulfone groups is 1. The number of benzene rings is 2. The summed E-state index contributed by atoms with van der Waals surface area (Å²) >= 11 is 7.06. The van der Waals surface area contributed by atoms with Crippen LogP contribution in [0.1, 0.15) is 12.8 Å². The summed E-state index contributed by atoms with van der Waals surface area (Å²) in [6, 6.07) is 11.4. The Balaban J connectivity index is 1.59. The van der Waals surface area contributed by atoms with Crippen LogP contribution in [-0.2, 0) is 14.6 Å². The van der Waals surface area contributed by atoms with Gasteiger partial charge in [-0.15, -0.1) is 11.3 Å². The number of hydrogen-bond acceptors (Lipinski definition) is 7. The number of rotatable bonds is 9. The molecule has 0 atom stereocenters. The van der Waals surface area contributed by atoms with E-state index in [2.05, 4.69) is 10.3 Å². The third kappa shape index (κ3) is 5.96. The van der Waals surface area contributed by atoms with Crippen LogP contribution < -0.4 is 14.8 Å². The van der Waals surface area contributed by atoms with Crippen molar-refractivity contribution in [2.45, 2.75) is 17.7 Å². The van der Waals surface area contributed by atoms with Gasteiger partial charge in [0.05, 0.1) is 30.6 Å². The van der Waals surface area contributed by atoms with Crippen LogP contribution in [0.5, 0.6) is 11.5 Å². The fraction of sp³-hybridized carbons (Fsp3) is 0.238. The molecule has 0 radical (unpaired) electrons. The Morgan fingerprint density at radius 2 is 1.87 bits per heavy atom. The summed E-state index contributed by atoms with van der Waals surface area (Å²) in [5.74, 6) is 0.865. The van der Waals surface area contributed by atoms with Crippen LogP contribution in [0.4, 0.5) is 5.13 Å². The molecule has 0 aliphatic rings. The zero-order valence-corrected chi connectivity index (χ0v) is 19.3. The zero-order valence-electron chi connectivity index (χ0n) is 16.9. The van der Waals surface area contributed by atoms with Gasteiger partial charge >= 0.3 is 0 Å². The Labute approximate surface area is 189 Å². The second-order valence-corrected chi connectivity index (χ2v) is 9.93. The molecule has 2 aromatic carbocycles. The summed E-state index contributed by atoms with van der Waals surface area (Å²) in [6.45, 7) is 0. The molecule has 0 spiro atoms. The normalized spacial score (nSPS) is 11.2. The van der Waals surface area contributed by atoms with E-state index in [-0.39, 0.29) is 29.4 Å². The molecule has 10 heteroatoms. The van der Waals surface area contributed by atoms with Gasteiger partial charge in [0.25, 0.3) is 0 Å². The minimum atomic E-state index is -3.47. The predicted molar refractivity (Wildman–Crippen MR) is 122 cm³/mol. The minimum Gasteiger partial charge on any atom is -0.497 e. The van der Waals surface area contributed by atoms with Gasteiger partial charge in [-0.05, 0) is 48.9 Å². The number of aromatic nitrogens is 1. The van der Waals surface area contributed by atoms with Crippen LogP contribution in [0, 0.1) is 0 Å². The topological polar surface area (TPSA) is 94.6 Å². The molecule has 0 aliphatic heterocycles. The maximum Gasteiger partial charge on any atom is 0.226 e. The van der Waals surface area contributed by atoms with Crippen molar-refractivity contribution in [1.82, 2.24) is 4.98 Å². The number of nitrogens with one attached hydrogen (secondary N) is 1. The van der Waals surface area contributed by atoms with Gasteiger partial charge < -0.3 is 14.8 Å². The Bertz CT molecular complexity index is 1160.